The van der Waals surface area contributed by atoms with Crippen LogP contribution in [0.25, 0.3) is 0 Å². The van der Waals surface area contributed by atoms with Gasteiger partial charge in [0.2, 0.25) is 0 Å². The van der Waals surface area contributed by atoms with Crippen LogP contribution in [0.2, 0.25) is 10.0 Å². The van der Waals surface area contributed by atoms with Crippen molar-refractivity contribution in [3.63, 3.8) is 0 Å². The lowest BCUT2D eigenvalue weighted by molar-refractivity contribution is 0.518. The van der Waals surface area contributed by atoms with E-state index in [1.54, 1.807) is 12.1 Å². The van der Waals surface area contributed by atoms with Crippen molar-refractivity contribution in [1.29, 1.82) is 0 Å². The first kappa shape index (κ1) is 15.3. The Kier molecular flexibility index (Phi) is 5.41. The third kappa shape index (κ3) is 3.95. The van der Waals surface area contributed by atoms with Crippen LogP contribution < -0.4 is 5.32 Å². The molecule has 0 radical (unpaired) electrons. The van der Waals surface area contributed by atoms with Gasteiger partial charge in [0.15, 0.2) is 0 Å². The van der Waals surface area contributed by atoms with Gasteiger partial charge in [0.25, 0.3) is 0 Å². The van der Waals surface area contributed by atoms with E-state index in [-0.39, 0.29) is 16.9 Å². The zero-order chi connectivity index (χ0) is 14.5. The second-order valence-electron chi connectivity index (χ2n) is 4.64. The molecule has 1 unspecified atom stereocenters. The van der Waals surface area contributed by atoms with Crippen LogP contribution >= 0.6 is 23.2 Å². The monoisotopic (exact) mass is 311 g/mol. The van der Waals surface area contributed by atoms with Gasteiger partial charge in [-0.3, -0.25) is 0 Å². The summed E-state index contributed by atoms with van der Waals surface area (Å²) in [5, 5.41) is 4.33. The zero-order valence-corrected chi connectivity index (χ0v) is 12.7. The lowest BCUT2D eigenvalue weighted by Gasteiger charge is -2.17. The summed E-state index contributed by atoms with van der Waals surface area (Å²) in [6, 6.07) is 12.8. The molecule has 0 fully saturated rings. The quantitative estimate of drug-likeness (QED) is 0.782. The van der Waals surface area contributed by atoms with Crippen molar-refractivity contribution in [3.8, 4) is 0 Å². The predicted octanol–water partition coefficient (Wildman–Crippen LogP) is 5.37. The van der Waals surface area contributed by atoms with Gasteiger partial charge in [0.1, 0.15) is 5.82 Å². The van der Waals surface area contributed by atoms with E-state index in [4.69, 9.17) is 23.2 Å². The van der Waals surface area contributed by atoms with E-state index in [1.807, 2.05) is 24.3 Å². The Labute approximate surface area is 128 Å². The molecule has 0 heterocycles. The molecule has 0 aliphatic carbocycles. The lowest BCUT2D eigenvalue weighted by atomic mass is 10.0. The number of hydrogen-bond donors (Lipinski definition) is 1. The lowest BCUT2D eigenvalue weighted by Crippen LogP contribution is -2.20. The Hall–Kier alpha value is -1.09. The first-order chi connectivity index (χ1) is 9.60. The summed E-state index contributed by atoms with van der Waals surface area (Å²) in [6.45, 7) is 2.76. The number of hydrogen-bond acceptors (Lipinski definition) is 1. The van der Waals surface area contributed by atoms with E-state index in [0.717, 1.165) is 17.0 Å². The Morgan fingerprint density at radius 2 is 1.80 bits per heavy atom. The summed E-state index contributed by atoms with van der Waals surface area (Å²) in [4.78, 5) is 0. The van der Waals surface area contributed by atoms with Crippen LogP contribution in [0.15, 0.2) is 42.5 Å². The van der Waals surface area contributed by atoms with Crippen LogP contribution in [0.4, 0.5) is 4.39 Å². The first-order valence-corrected chi connectivity index (χ1v) is 7.28. The minimum absolute atomic E-state index is 0.156. The van der Waals surface area contributed by atoms with Crippen molar-refractivity contribution in [2.45, 2.75) is 25.9 Å². The van der Waals surface area contributed by atoms with Gasteiger partial charge in [-0.25, -0.2) is 4.39 Å². The molecule has 2 aromatic carbocycles. The van der Waals surface area contributed by atoms with Crippen molar-refractivity contribution >= 4 is 23.2 Å². The van der Waals surface area contributed by atoms with Crippen LogP contribution in [0.1, 0.15) is 30.5 Å². The number of nitrogens with one attached hydrogen (secondary N) is 1. The molecule has 0 saturated heterocycles. The van der Waals surface area contributed by atoms with Gasteiger partial charge in [0.05, 0.1) is 5.02 Å². The SMILES string of the molecule is CCC(NCc1ccc(F)c(Cl)c1)c1ccc(Cl)cc1. The topological polar surface area (TPSA) is 12.0 Å². The summed E-state index contributed by atoms with van der Waals surface area (Å²) < 4.78 is 13.1. The Bertz CT molecular complexity index is 569. The van der Waals surface area contributed by atoms with Gasteiger partial charge in [-0.15, -0.1) is 0 Å². The van der Waals surface area contributed by atoms with E-state index in [1.165, 1.54) is 11.6 Å². The highest BCUT2D eigenvalue weighted by Crippen LogP contribution is 2.21. The van der Waals surface area contributed by atoms with Gasteiger partial charge in [-0.1, -0.05) is 48.3 Å². The zero-order valence-electron chi connectivity index (χ0n) is 11.2. The molecule has 0 saturated carbocycles. The third-order valence-corrected chi connectivity index (χ3v) is 3.76. The molecule has 1 atom stereocenters. The van der Waals surface area contributed by atoms with Crippen molar-refractivity contribution < 1.29 is 4.39 Å². The number of halogens is 3. The molecule has 2 aromatic rings. The molecule has 0 aliphatic rings. The smallest absolute Gasteiger partial charge is 0.141 e. The molecule has 0 aliphatic heterocycles. The molecule has 20 heavy (non-hydrogen) atoms. The van der Waals surface area contributed by atoms with E-state index in [9.17, 15) is 4.39 Å². The van der Waals surface area contributed by atoms with E-state index in [0.29, 0.717) is 6.54 Å². The van der Waals surface area contributed by atoms with Crippen LogP contribution in [0.3, 0.4) is 0 Å². The average Bonchev–Trinajstić information content (AvgIpc) is 2.45. The van der Waals surface area contributed by atoms with E-state index < -0.39 is 0 Å². The Morgan fingerprint density at radius 1 is 1.10 bits per heavy atom. The minimum atomic E-state index is -0.389. The summed E-state index contributed by atoms with van der Waals surface area (Å²) in [5.41, 5.74) is 2.15. The highest BCUT2D eigenvalue weighted by molar-refractivity contribution is 6.31. The van der Waals surface area contributed by atoms with Gasteiger partial charge >= 0.3 is 0 Å². The normalized spacial score (nSPS) is 12.4. The molecular formula is C16H16Cl2FN. The Morgan fingerprint density at radius 3 is 2.40 bits per heavy atom. The third-order valence-electron chi connectivity index (χ3n) is 3.22. The van der Waals surface area contributed by atoms with Gasteiger partial charge < -0.3 is 5.32 Å². The van der Waals surface area contributed by atoms with Crippen LogP contribution in [0, 0.1) is 5.82 Å². The molecule has 0 bridgehead atoms. The van der Waals surface area contributed by atoms with Crippen molar-refractivity contribution in [2.24, 2.45) is 0 Å². The van der Waals surface area contributed by atoms with E-state index >= 15 is 0 Å². The van der Waals surface area contributed by atoms with Crippen LogP contribution in [-0.2, 0) is 6.54 Å². The summed E-state index contributed by atoms with van der Waals surface area (Å²) >= 11 is 11.7. The molecule has 4 heteroatoms. The maximum atomic E-state index is 13.1. The predicted molar refractivity (Wildman–Crippen MR) is 82.7 cm³/mol. The fourth-order valence-corrected chi connectivity index (χ4v) is 2.41. The fourth-order valence-electron chi connectivity index (χ4n) is 2.08. The number of benzene rings is 2. The second kappa shape index (κ2) is 7.07. The largest absolute Gasteiger partial charge is 0.306 e. The van der Waals surface area contributed by atoms with Gasteiger partial charge in [0, 0.05) is 17.6 Å². The molecule has 0 amide bonds. The van der Waals surface area contributed by atoms with Crippen molar-refractivity contribution in [1.82, 2.24) is 5.32 Å². The highest BCUT2D eigenvalue weighted by Gasteiger charge is 2.09. The summed E-state index contributed by atoms with van der Waals surface area (Å²) in [5.74, 6) is -0.389. The Balaban J connectivity index is 2.03. The van der Waals surface area contributed by atoms with Crippen molar-refractivity contribution in [2.75, 3.05) is 0 Å². The molecule has 1 nitrogen and oxygen atoms in total. The van der Waals surface area contributed by atoms with Gasteiger partial charge in [-0.05, 0) is 41.8 Å². The maximum absolute atomic E-state index is 13.1. The maximum Gasteiger partial charge on any atom is 0.141 e. The van der Waals surface area contributed by atoms with Crippen LogP contribution in [0.5, 0.6) is 0 Å². The van der Waals surface area contributed by atoms with Gasteiger partial charge in [-0.2, -0.15) is 0 Å². The summed E-state index contributed by atoms with van der Waals surface area (Å²) in [6.07, 6.45) is 0.955. The van der Waals surface area contributed by atoms with Crippen molar-refractivity contribution in [3.05, 3.63) is 69.5 Å². The molecule has 106 valence electrons. The second-order valence-corrected chi connectivity index (χ2v) is 5.49. The summed E-state index contributed by atoms with van der Waals surface area (Å²) in [7, 11) is 0. The molecular weight excluding hydrogens is 296 g/mol. The van der Waals surface area contributed by atoms with E-state index in [2.05, 4.69) is 12.2 Å². The van der Waals surface area contributed by atoms with Crippen LogP contribution in [-0.4, -0.2) is 0 Å². The molecule has 0 aromatic heterocycles. The highest BCUT2D eigenvalue weighted by atomic mass is 35.5. The minimum Gasteiger partial charge on any atom is -0.306 e. The molecule has 0 spiro atoms. The standard InChI is InChI=1S/C16H16Cl2FN/c1-2-16(12-4-6-13(17)7-5-12)20-10-11-3-8-15(19)14(18)9-11/h3-9,16,20H,2,10H2,1H3. The average molecular weight is 312 g/mol. The first-order valence-electron chi connectivity index (χ1n) is 6.53. The fraction of sp³-hybridized carbons (Fsp3) is 0.250. The molecule has 2 rings (SSSR count). The molecule has 1 N–H and O–H groups in total. The number of rotatable bonds is 5.